The van der Waals surface area contributed by atoms with Crippen molar-refractivity contribution in [2.45, 2.75) is 63.3 Å². The number of allylic oxidation sites excluding steroid dienone is 2. The van der Waals surface area contributed by atoms with Gasteiger partial charge in [0.2, 0.25) is 0 Å². The lowest BCUT2D eigenvalue weighted by atomic mass is 9.86. The smallest absolute Gasteiger partial charge is 0.303 e. The zero-order chi connectivity index (χ0) is 20.4. The Bertz CT molecular complexity index is 606. The molecule has 0 bridgehead atoms. The summed E-state index contributed by atoms with van der Waals surface area (Å²) >= 11 is 0. The van der Waals surface area contributed by atoms with Crippen molar-refractivity contribution in [1.82, 2.24) is 0 Å². The summed E-state index contributed by atoms with van der Waals surface area (Å²) in [7, 11) is 0. The lowest BCUT2D eigenvalue weighted by molar-refractivity contribution is -0.137. The summed E-state index contributed by atoms with van der Waals surface area (Å²) < 4.78 is 19.7. The van der Waals surface area contributed by atoms with Gasteiger partial charge in [-0.05, 0) is 62.5 Å². The van der Waals surface area contributed by atoms with Gasteiger partial charge in [-0.15, -0.1) is 0 Å². The molecule has 1 aromatic rings. The van der Waals surface area contributed by atoms with E-state index in [1.165, 1.54) is 0 Å². The number of carboxylic acid groups (broad SMARTS) is 1. The van der Waals surface area contributed by atoms with E-state index in [0.29, 0.717) is 37.9 Å². The monoisotopic (exact) mass is 394 g/mol. The molecule has 1 aliphatic carbocycles. The maximum absolute atomic E-state index is 14.2. The third kappa shape index (κ3) is 7.60. The number of rotatable bonds is 12. The van der Waals surface area contributed by atoms with Crippen LogP contribution < -0.4 is 4.74 Å². The number of alkyl halides is 1. The highest BCUT2D eigenvalue weighted by molar-refractivity contribution is 5.66. The maximum atomic E-state index is 14.2. The molecular weight excluding hydrogens is 363 g/mol. The van der Waals surface area contributed by atoms with Gasteiger partial charge in [-0.2, -0.15) is 0 Å². The van der Waals surface area contributed by atoms with E-state index < -0.39 is 24.3 Å². The van der Waals surface area contributed by atoms with Crippen LogP contribution >= 0.6 is 0 Å². The number of ether oxygens (including phenoxy) is 1. The fraction of sp³-hybridized carbons (Fsp3) is 0.591. The lowest BCUT2D eigenvalue weighted by Gasteiger charge is -2.23. The summed E-state index contributed by atoms with van der Waals surface area (Å²) in [6.45, 7) is -0.0243. The first-order chi connectivity index (χ1) is 13.5. The first-order valence-corrected chi connectivity index (χ1v) is 10.0. The predicted octanol–water partition coefficient (Wildman–Crippen LogP) is 3.74. The second-order valence-corrected chi connectivity index (χ2v) is 7.49. The topological polar surface area (TPSA) is 87.0 Å². The van der Waals surface area contributed by atoms with Gasteiger partial charge < -0.3 is 20.1 Å². The van der Waals surface area contributed by atoms with Crippen molar-refractivity contribution in [3.05, 3.63) is 42.5 Å². The number of aliphatic hydroxyl groups is 2. The Balaban J connectivity index is 1.74. The van der Waals surface area contributed by atoms with Crippen LogP contribution in [0.3, 0.4) is 0 Å². The molecule has 0 spiro atoms. The molecule has 3 N–H and O–H groups in total. The zero-order valence-corrected chi connectivity index (χ0v) is 16.1. The van der Waals surface area contributed by atoms with Gasteiger partial charge in [0.15, 0.2) is 0 Å². The van der Waals surface area contributed by atoms with Gasteiger partial charge in [0.05, 0.1) is 12.2 Å². The highest BCUT2D eigenvalue weighted by Gasteiger charge is 2.40. The first kappa shape index (κ1) is 22.4. The highest BCUT2D eigenvalue weighted by Crippen LogP contribution is 2.38. The molecule has 1 fully saturated rings. The molecule has 1 aromatic carbocycles. The summed E-state index contributed by atoms with van der Waals surface area (Å²) in [5, 5.41) is 29.1. The van der Waals surface area contributed by atoms with Gasteiger partial charge in [0.1, 0.15) is 18.5 Å². The van der Waals surface area contributed by atoms with E-state index in [-0.39, 0.29) is 31.3 Å². The summed E-state index contributed by atoms with van der Waals surface area (Å²) in [6, 6.07) is 9.09. The van der Waals surface area contributed by atoms with E-state index in [1.54, 1.807) is 12.1 Å². The molecule has 0 heterocycles. The van der Waals surface area contributed by atoms with Crippen LogP contribution in [0.5, 0.6) is 5.75 Å². The zero-order valence-electron chi connectivity index (χ0n) is 16.1. The summed E-state index contributed by atoms with van der Waals surface area (Å²) in [5.41, 5.74) is 0. The van der Waals surface area contributed by atoms with Crippen LogP contribution in [-0.2, 0) is 4.79 Å². The highest BCUT2D eigenvalue weighted by atomic mass is 19.1. The number of carbonyl (C=O) groups is 1. The average molecular weight is 394 g/mol. The molecule has 28 heavy (non-hydrogen) atoms. The summed E-state index contributed by atoms with van der Waals surface area (Å²) in [5.74, 6) is -0.422. The second-order valence-electron chi connectivity index (χ2n) is 7.49. The fourth-order valence-electron chi connectivity index (χ4n) is 3.81. The third-order valence-corrected chi connectivity index (χ3v) is 5.35. The minimum absolute atomic E-state index is 0.0243. The Morgan fingerprint density at radius 2 is 1.89 bits per heavy atom. The molecule has 1 saturated carbocycles. The summed E-state index contributed by atoms with van der Waals surface area (Å²) in [4.78, 5) is 10.5. The van der Waals surface area contributed by atoms with E-state index >= 15 is 0 Å². The number of hydrogen-bond acceptors (Lipinski definition) is 4. The number of hydrogen-bond donors (Lipinski definition) is 3. The molecule has 0 aliphatic heterocycles. The molecule has 0 saturated heterocycles. The Labute approximate surface area is 165 Å². The van der Waals surface area contributed by atoms with Crippen molar-refractivity contribution < 1.29 is 29.2 Å². The average Bonchev–Trinajstić information content (AvgIpc) is 2.94. The third-order valence-electron chi connectivity index (χ3n) is 5.35. The molecule has 0 radical (unpaired) electrons. The van der Waals surface area contributed by atoms with Crippen LogP contribution in [0.1, 0.15) is 44.9 Å². The maximum Gasteiger partial charge on any atom is 0.303 e. The van der Waals surface area contributed by atoms with Crippen molar-refractivity contribution in [1.29, 1.82) is 0 Å². The van der Waals surface area contributed by atoms with Crippen LogP contribution in [0.15, 0.2) is 42.5 Å². The van der Waals surface area contributed by atoms with Gasteiger partial charge in [0, 0.05) is 6.42 Å². The minimum atomic E-state index is -1.13. The van der Waals surface area contributed by atoms with E-state index in [1.807, 2.05) is 30.4 Å². The molecule has 5 nitrogen and oxygen atoms in total. The van der Waals surface area contributed by atoms with Crippen molar-refractivity contribution >= 4 is 5.97 Å². The molecule has 6 heteroatoms. The number of benzene rings is 1. The molecule has 0 amide bonds. The molecule has 156 valence electrons. The summed E-state index contributed by atoms with van der Waals surface area (Å²) in [6.07, 6.45) is 4.60. The van der Waals surface area contributed by atoms with Crippen molar-refractivity contribution in [3.8, 4) is 5.75 Å². The Kier molecular flexibility index (Phi) is 9.44. The number of halogens is 1. The van der Waals surface area contributed by atoms with Gasteiger partial charge in [-0.25, -0.2) is 4.39 Å². The van der Waals surface area contributed by atoms with Gasteiger partial charge in [-0.3, -0.25) is 4.79 Å². The van der Waals surface area contributed by atoms with Crippen LogP contribution in [0, 0.1) is 11.8 Å². The van der Waals surface area contributed by atoms with Crippen LogP contribution in [-0.4, -0.2) is 46.3 Å². The van der Waals surface area contributed by atoms with E-state index in [2.05, 4.69) is 0 Å². The second kappa shape index (κ2) is 11.8. The van der Waals surface area contributed by atoms with Crippen LogP contribution in [0.25, 0.3) is 0 Å². The predicted molar refractivity (Wildman–Crippen MR) is 105 cm³/mol. The normalized spacial score (nSPS) is 25.8. The van der Waals surface area contributed by atoms with E-state index in [9.17, 15) is 19.4 Å². The fourth-order valence-corrected chi connectivity index (χ4v) is 3.81. The Morgan fingerprint density at radius 1 is 1.18 bits per heavy atom. The van der Waals surface area contributed by atoms with Gasteiger partial charge >= 0.3 is 5.97 Å². The number of para-hydroxylation sites is 1. The molecule has 0 aromatic heterocycles. The molecule has 1 aliphatic rings. The van der Waals surface area contributed by atoms with Gasteiger partial charge in [0.25, 0.3) is 0 Å². The quantitative estimate of drug-likeness (QED) is 0.371. The first-order valence-electron chi connectivity index (χ1n) is 10.0. The Morgan fingerprint density at radius 3 is 2.61 bits per heavy atom. The Hall–Kier alpha value is -1.92. The number of aliphatic carboxylic acids is 1. The molecule has 2 rings (SSSR count). The number of carboxylic acids is 1. The standard InChI is InChI=1S/C22H31FO5/c23-16(15-28-17-8-4-3-5-9-17)12-13-19-18(20(24)14-21(19)25)10-6-1-2-7-11-22(26)27/h1,3-6,8-9,16,18-21,24-25H,2,7,10-15H2,(H,26,27)/b6-1+. The van der Waals surface area contributed by atoms with Crippen molar-refractivity contribution in [3.63, 3.8) is 0 Å². The SMILES string of the molecule is O=C(O)CCC/C=C/CC1C(O)CC(O)C1CCC(F)COc1ccccc1. The number of unbranched alkanes of at least 4 members (excludes halogenated alkanes) is 1. The lowest BCUT2D eigenvalue weighted by Crippen LogP contribution is -2.24. The van der Waals surface area contributed by atoms with Crippen LogP contribution in [0.2, 0.25) is 0 Å². The van der Waals surface area contributed by atoms with E-state index in [4.69, 9.17) is 9.84 Å². The molecule has 5 atom stereocenters. The molecular formula is C22H31FO5. The largest absolute Gasteiger partial charge is 0.491 e. The number of aliphatic hydroxyl groups excluding tert-OH is 2. The van der Waals surface area contributed by atoms with Crippen molar-refractivity contribution in [2.24, 2.45) is 11.8 Å². The minimum Gasteiger partial charge on any atom is -0.491 e. The molecule has 5 unspecified atom stereocenters. The van der Waals surface area contributed by atoms with Crippen molar-refractivity contribution in [2.75, 3.05) is 6.61 Å². The van der Waals surface area contributed by atoms with Crippen LogP contribution in [0.4, 0.5) is 4.39 Å². The van der Waals surface area contributed by atoms with E-state index in [0.717, 1.165) is 0 Å². The van der Waals surface area contributed by atoms with Gasteiger partial charge in [-0.1, -0.05) is 30.4 Å².